The van der Waals surface area contributed by atoms with Crippen LogP contribution in [0.25, 0.3) is 0 Å². The molecule has 146 valence electrons. The quantitative estimate of drug-likeness (QED) is 0.471. The van der Waals surface area contributed by atoms with Crippen molar-refractivity contribution in [2.24, 2.45) is 5.92 Å². The van der Waals surface area contributed by atoms with Crippen LogP contribution < -0.4 is 10.6 Å². The fourth-order valence-electron chi connectivity index (χ4n) is 2.14. The molecule has 4 N–H and O–H groups in total. The number of carboxylic acid groups (broad SMARTS) is 1. The zero-order chi connectivity index (χ0) is 20.2. The SMILES string of the molecule is C[C@H](C#N)C[C@@H](NC(=O)C[C@H](O)CNC(=O)OCc1ccccc1)C(=O)O. The number of rotatable bonds is 10. The third-order valence-electron chi connectivity index (χ3n) is 3.56. The van der Waals surface area contributed by atoms with E-state index in [9.17, 15) is 19.5 Å². The number of ether oxygens (including phenoxy) is 1. The molecule has 0 bridgehead atoms. The van der Waals surface area contributed by atoms with Gasteiger partial charge >= 0.3 is 12.1 Å². The molecule has 0 unspecified atom stereocenters. The van der Waals surface area contributed by atoms with Gasteiger partial charge in [0.05, 0.1) is 18.6 Å². The van der Waals surface area contributed by atoms with Gasteiger partial charge in [0.15, 0.2) is 0 Å². The number of nitrogens with zero attached hydrogens (tertiary/aromatic N) is 1. The molecule has 0 saturated carbocycles. The maximum Gasteiger partial charge on any atom is 0.407 e. The number of nitrogens with one attached hydrogen (secondary N) is 2. The number of carbonyl (C=O) groups is 3. The normalized spacial score (nSPS) is 13.5. The van der Waals surface area contributed by atoms with Gasteiger partial charge in [-0.2, -0.15) is 5.26 Å². The van der Waals surface area contributed by atoms with Crippen molar-refractivity contribution in [1.29, 1.82) is 5.26 Å². The summed E-state index contributed by atoms with van der Waals surface area (Å²) < 4.78 is 4.97. The Balaban J connectivity index is 2.32. The lowest BCUT2D eigenvalue weighted by molar-refractivity contribution is -0.142. The molecule has 9 heteroatoms. The van der Waals surface area contributed by atoms with Crippen LogP contribution >= 0.6 is 0 Å². The van der Waals surface area contributed by atoms with Crippen LogP contribution in [-0.2, 0) is 20.9 Å². The van der Waals surface area contributed by atoms with E-state index in [1.54, 1.807) is 31.2 Å². The number of aliphatic carboxylic acids is 1. The Morgan fingerprint density at radius 3 is 2.52 bits per heavy atom. The molecule has 2 amide bonds. The van der Waals surface area contributed by atoms with Gasteiger partial charge in [0.2, 0.25) is 5.91 Å². The smallest absolute Gasteiger partial charge is 0.407 e. The minimum absolute atomic E-state index is 0.0439. The van der Waals surface area contributed by atoms with E-state index in [1.165, 1.54) is 0 Å². The molecule has 0 saturated heterocycles. The molecule has 1 aromatic rings. The molecular formula is C18H23N3O6. The van der Waals surface area contributed by atoms with Gasteiger partial charge in [0.25, 0.3) is 0 Å². The van der Waals surface area contributed by atoms with E-state index in [4.69, 9.17) is 15.1 Å². The van der Waals surface area contributed by atoms with Crippen molar-refractivity contribution >= 4 is 18.0 Å². The fraction of sp³-hybridized carbons (Fsp3) is 0.444. The Morgan fingerprint density at radius 2 is 1.93 bits per heavy atom. The third kappa shape index (κ3) is 9.23. The summed E-state index contributed by atoms with van der Waals surface area (Å²) in [6.45, 7) is 1.38. The lowest BCUT2D eigenvalue weighted by Crippen LogP contribution is -2.44. The number of aliphatic hydroxyl groups is 1. The molecule has 9 nitrogen and oxygen atoms in total. The average molecular weight is 377 g/mol. The molecule has 0 spiro atoms. The summed E-state index contributed by atoms with van der Waals surface area (Å²) in [7, 11) is 0. The van der Waals surface area contributed by atoms with Crippen LogP contribution in [0.1, 0.15) is 25.3 Å². The molecule has 1 rings (SSSR count). The largest absolute Gasteiger partial charge is 0.480 e. The van der Waals surface area contributed by atoms with Gasteiger partial charge in [-0.15, -0.1) is 0 Å². The molecule has 3 atom stereocenters. The number of alkyl carbamates (subject to hydrolysis) is 1. The number of benzene rings is 1. The van der Waals surface area contributed by atoms with Crippen molar-refractivity contribution in [3.63, 3.8) is 0 Å². The second-order valence-electron chi connectivity index (χ2n) is 6.02. The first-order valence-corrected chi connectivity index (χ1v) is 8.36. The van der Waals surface area contributed by atoms with E-state index in [1.807, 2.05) is 12.1 Å². The van der Waals surface area contributed by atoms with Gasteiger partial charge in [-0.1, -0.05) is 30.3 Å². The van der Waals surface area contributed by atoms with Crippen molar-refractivity contribution < 1.29 is 29.3 Å². The minimum atomic E-state index is -1.26. The lowest BCUT2D eigenvalue weighted by Gasteiger charge is -2.17. The highest BCUT2D eigenvalue weighted by molar-refractivity contribution is 5.83. The van der Waals surface area contributed by atoms with Crippen LogP contribution in [0.15, 0.2) is 30.3 Å². The summed E-state index contributed by atoms with van der Waals surface area (Å²) in [6, 6.07) is 9.70. The predicted octanol–water partition coefficient (Wildman–Crippen LogP) is 0.783. The van der Waals surface area contributed by atoms with Gasteiger partial charge in [-0.25, -0.2) is 9.59 Å². The topological polar surface area (TPSA) is 149 Å². The zero-order valence-corrected chi connectivity index (χ0v) is 14.9. The minimum Gasteiger partial charge on any atom is -0.480 e. The first-order valence-electron chi connectivity index (χ1n) is 8.36. The number of aliphatic hydroxyl groups excluding tert-OH is 1. The zero-order valence-electron chi connectivity index (χ0n) is 14.9. The highest BCUT2D eigenvalue weighted by Gasteiger charge is 2.23. The maximum absolute atomic E-state index is 11.8. The summed E-state index contributed by atoms with van der Waals surface area (Å²) in [5, 5.41) is 32.2. The van der Waals surface area contributed by atoms with Crippen molar-refractivity contribution in [1.82, 2.24) is 10.6 Å². The first-order chi connectivity index (χ1) is 12.8. The number of nitriles is 1. The van der Waals surface area contributed by atoms with Gasteiger partial charge in [-0.3, -0.25) is 4.79 Å². The molecule has 27 heavy (non-hydrogen) atoms. The summed E-state index contributed by atoms with van der Waals surface area (Å²) in [4.78, 5) is 34.5. The number of carbonyl (C=O) groups excluding carboxylic acids is 2. The number of carboxylic acids is 1. The van der Waals surface area contributed by atoms with E-state index < -0.39 is 42.5 Å². The second-order valence-corrected chi connectivity index (χ2v) is 6.02. The summed E-state index contributed by atoms with van der Waals surface area (Å²) in [6.07, 6.45) is -2.40. The van der Waals surface area contributed by atoms with E-state index in [-0.39, 0.29) is 19.6 Å². The molecule has 0 aliphatic heterocycles. The van der Waals surface area contributed by atoms with E-state index >= 15 is 0 Å². The summed E-state index contributed by atoms with van der Waals surface area (Å²) in [5.74, 6) is -2.50. The third-order valence-corrected chi connectivity index (χ3v) is 3.56. The average Bonchev–Trinajstić information content (AvgIpc) is 2.64. The number of hydrogen-bond donors (Lipinski definition) is 4. The molecule has 0 radical (unpaired) electrons. The van der Waals surface area contributed by atoms with Crippen LogP contribution in [0.2, 0.25) is 0 Å². The standard InChI is InChI=1S/C18H23N3O6/c1-12(9-19)7-15(17(24)25)21-16(23)8-14(22)10-20-18(26)27-11-13-5-3-2-4-6-13/h2-6,12,14-15,22H,7-8,10-11H2,1H3,(H,20,26)(H,21,23)(H,24,25)/t12-,14-,15+/m0/s1. The summed E-state index contributed by atoms with van der Waals surface area (Å²) >= 11 is 0. The maximum atomic E-state index is 11.8. The number of hydrogen-bond acceptors (Lipinski definition) is 6. The molecule has 0 heterocycles. The monoisotopic (exact) mass is 377 g/mol. The fourth-order valence-corrected chi connectivity index (χ4v) is 2.14. The molecule has 0 fully saturated rings. The van der Waals surface area contributed by atoms with Crippen molar-refractivity contribution in [2.75, 3.05) is 6.54 Å². The van der Waals surface area contributed by atoms with Crippen molar-refractivity contribution in [2.45, 2.75) is 38.5 Å². The number of amides is 2. The van der Waals surface area contributed by atoms with Crippen molar-refractivity contribution in [3.8, 4) is 6.07 Å². The lowest BCUT2D eigenvalue weighted by atomic mass is 10.0. The first kappa shape index (κ1) is 21.9. The van der Waals surface area contributed by atoms with Crippen LogP contribution in [0.4, 0.5) is 4.79 Å². The van der Waals surface area contributed by atoms with Crippen molar-refractivity contribution in [3.05, 3.63) is 35.9 Å². The van der Waals surface area contributed by atoms with E-state index in [0.29, 0.717) is 0 Å². The predicted molar refractivity (Wildman–Crippen MR) is 94.2 cm³/mol. The van der Waals surface area contributed by atoms with Crippen LogP contribution in [0.3, 0.4) is 0 Å². The molecule has 0 aromatic heterocycles. The molecule has 0 aliphatic rings. The van der Waals surface area contributed by atoms with Gasteiger partial charge < -0.3 is 25.6 Å². The van der Waals surface area contributed by atoms with Crippen LogP contribution in [-0.4, -0.2) is 46.9 Å². The Kier molecular flexibility index (Phi) is 9.33. The van der Waals surface area contributed by atoms with E-state index in [0.717, 1.165) is 5.56 Å². The highest BCUT2D eigenvalue weighted by Crippen LogP contribution is 2.06. The molecular weight excluding hydrogens is 354 g/mol. The molecule has 0 aliphatic carbocycles. The molecule has 1 aromatic carbocycles. The van der Waals surface area contributed by atoms with Gasteiger partial charge in [-0.05, 0) is 18.9 Å². The van der Waals surface area contributed by atoms with Gasteiger partial charge in [0.1, 0.15) is 12.6 Å². The Hall–Kier alpha value is -3.12. The Bertz CT molecular complexity index is 673. The van der Waals surface area contributed by atoms with Crippen LogP contribution in [0.5, 0.6) is 0 Å². The highest BCUT2D eigenvalue weighted by atomic mass is 16.5. The Morgan fingerprint density at radius 1 is 1.26 bits per heavy atom. The summed E-state index contributed by atoms with van der Waals surface area (Å²) in [5.41, 5.74) is 0.805. The second kappa shape index (κ2) is 11.5. The van der Waals surface area contributed by atoms with Gasteiger partial charge in [0, 0.05) is 12.5 Å². The van der Waals surface area contributed by atoms with E-state index in [2.05, 4.69) is 10.6 Å². The van der Waals surface area contributed by atoms with Crippen LogP contribution in [0, 0.1) is 17.2 Å². The Labute approximate surface area is 156 Å².